The average Bonchev–Trinajstić information content (AvgIpc) is 2.98. The van der Waals surface area contributed by atoms with Crippen LogP contribution in [-0.2, 0) is 17.9 Å². The van der Waals surface area contributed by atoms with Gasteiger partial charge in [0.1, 0.15) is 24.0 Å². The third-order valence-electron chi connectivity index (χ3n) is 2.95. The van der Waals surface area contributed by atoms with Gasteiger partial charge in [0.05, 0.1) is 12.8 Å². The Bertz CT molecular complexity index is 543. The Morgan fingerprint density at radius 1 is 1.38 bits per heavy atom. The lowest BCUT2D eigenvalue weighted by atomic mass is 10.4. The highest BCUT2D eigenvalue weighted by Gasteiger charge is 2.10. The maximum atomic E-state index is 5.37. The number of furan rings is 1. The third-order valence-corrected chi connectivity index (χ3v) is 2.95. The molecular formula is C15H22N4O2. The van der Waals surface area contributed by atoms with E-state index < -0.39 is 0 Å². The van der Waals surface area contributed by atoms with Gasteiger partial charge < -0.3 is 19.4 Å². The van der Waals surface area contributed by atoms with Crippen LogP contribution < -0.4 is 10.2 Å². The Labute approximate surface area is 125 Å². The van der Waals surface area contributed by atoms with Gasteiger partial charge in [0.2, 0.25) is 0 Å². The minimum absolute atomic E-state index is 0.392. The number of aromatic nitrogens is 2. The van der Waals surface area contributed by atoms with E-state index in [-0.39, 0.29) is 0 Å². The summed E-state index contributed by atoms with van der Waals surface area (Å²) >= 11 is 0. The fraction of sp³-hybridized carbons (Fsp3) is 0.467. The molecule has 0 saturated carbocycles. The van der Waals surface area contributed by atoms with Crippen molar-refractivity contribution in [3.63, 3.8) is 0 Å². The largest absolute Gasteiger partial charge is 0.467 e. The SMILES string of the molecule is CCCNc1cc(N(C)Cc2ccco2)nc(COC)n1. The minimum Gasteiger partial charge on any atom is -0.467 e. The van der Waals surface area contributed by atoms with E-state index in [0.29, 0.717) is 19.0 Å². The Morgan fingerprint density at radius 3 is 2.90 bits per heavy atom. The maximum absolute atomic E-state index is 5.37. The van der Waals surface area contributed by atoms with Crippen molar-refractivity contribution in [3.05, 3.63) is 36.0 Å². The molecule has 6 nitrogen and oxygen atoms in total. The molecule has 0 radical (unpaired) electrons. The van der Waals surface area contributed by atoms with Crippen molar-refractivity contribution in [2.24, 2.45) is 0 Å². The lowest BCUT2D eigenvalue weighted by Crippen LogP contribution is -2.19. The Kier molecular flexibility index (Phi) is 5.57. The molecular weight excluding hydrogens is 268 g/mol. The molecule has 0 unspecified atom stereocenters. The second kappa shape index (κ2) is 7.64. The first kappa shape index (κ1) is 15.3. The average molecular weight is 290 g/mol. The van der Waals surface area contributed by atoms with E-state index in [1.807, 2.05) is 30.1 Å². The second-order valence-electron chi connectivity index (χ2n) is 4.82. The minimum atomic E-state index is 0.392. The standard InChI is InChI=1S/C15H22N4O2/c1-4-7-16-13-9-15(18-14(17-13)11-20-3)19(2)10-12-6-5-8-21-12/h5-6,8-9H,4,7,10-11H2,1-3H3,(H,16,17,18). The quantitative estimate of drug-likeness (QED) is 0.806. The van der Waals surface area contributed by atoms with Crippen LogP contribution in [0.5, 0.6) is 0 Å². The fourth-order valence-electron chi connectivity index (χ4n) is 1.93. The number of nitrogens with one attached hydrogen (secondary N) is 1. The van der Waals surface area contributed by atoms with Gasteiger partial charge >= 0.3 is 0 Å². The van der Waals surface area contributed by atoms with E-state index in [9.17, 15) is 0 Å². The van der Waals surface area contributed by atoms with Gasteiger partial charge in [-0.05, 0) is 18.6 Å². The van der Waals surface area contributed by atoms with Gasteiger partial charge in [0, 0.05) is 26.8 Å². The molecule has 0 atom stereocenters. The number of nitrogens with zero attached hydrogens (tertiary/aromatic N) is 3. The van der Waals surface area contributed by atoms with Crippen LogP contribution in [0.15, 0.2) is 28.9 Å². The van der Waals surface area contributed by atoms with Crippen molar-refractivity contribution in [1.82, 2.24) is 9.97 Å². The summed E-state index contributed by atoms with van der Waals surface area (Å²) in [6.07, 6.45) is 2.72. The molecule has 0 aliphatic heterocycles. The number of rotatable bonds is 8. The molecule has 21 heavy (non-hydrogen) atoms. The highest BCUT2D eigenvalue weighted by molar-refractivity contribution is 5.49. The van der Waals surface area contributed by atoms with Crippen molar-refractivity contribution in [3.8, 4) is 0 Å². The van der Waals surface area contributed by atoms with Crippen LogP contribution in [0.3, 0.4) is 0 Å². The van der Waals surface area contributed by atoms with Crippen LogP contribution in [0.1, 0.15) is 24.9 Å². The number of methoxy groups -OCH3 is 1. The topological polar surface area (TPSA) is 63.4 Å². The fourth-order valence-corrected chi connectivity index (χ4v) is 1.93. The number of ether oxygens (including phenoxy) is 1. The summed E-state index contributed by atoms with van der Waals surface area (Å²) in [5.74, 6) is 3.22. The van der Waals surface area contributed by atoms with Crippen molar-refractivity contribution in [1.29, 1.82) is 0 Å². The van der Waals surface area contributed by atoms with E-state index in [4.69, 9.17) is 9.15 Å². The predicted octanol–water partition coefficient (Wildman–Crippen LogP) is 2.67. The van der Waals surface area contributed by atoms with E-state index in [0.717, 1.165) is 30.4 Å². The molecule has 0 fully saturated rings. The molecule has 2 aromatic rings. The summed E-state index contributed by atoms with van der Waals surface area (Å²) in [7, 11) is 3.62. The van der Waals surface area contributed by atoms with Gasteiger partial charge in [0.25, 0.3) is 0 Å². The van der Waals surface area contributed by atoms with Crippen molar-refractivity contribution in [2.45, 2.75) is 26.5 Å². The van der Waals surface area contributed by atoms with E-state index in [1.165, 1.54) is 0 Å². The van der Waals surface area contributed by atoms with Gasteiger partial charge in [-0.25, -0.2) is 9.97 Å². The molecule has 0 bridgehead atoms. The zero-order chi connectivity index (χ0) is 15.1. The van der Waals surface area contributed by atoms with Crippen LogP contribution in [-0.4, -0.2) is 30.7 Å². The Balaban J connectivity index is 2.17. The first-order chi connectivity index (χ1) is 10.2. The van der Waals surface area contributed by atoms with Crippen LogP contribution in [0.4, 0.5) is 11.6 Å². The van der Waals surface area contributed by atoms with Crippen LogP contribution >= 0.6 is 0 Å². The third kappa shape index (κ3) is 4.46. The highest BCUT2D eigenvalue weighted by Crippen LogP contribution is 2.17. The molecule has 114 valence electrons. The molecule has 1 N–H and O–H groups in total. The second-order valence-corrected chi connectivity index (χ2v) is 4.82. The lowest BCUT2D eigenvalue weighted by molar-refractivity contribution is 0.178. The summed E-state index contributed by atoms with van der Waals surface area (Å²) in [6, 6.07) is 5.77. The zero-order valence-electron chi connectivity index (χ0n) is 12.8. The Hall–Kier alpha value is -2.08. The first-order valence-electron chi connectivity index (χ1n) is 7.07. The summed E-state index contributed by atoms with van der Waals surface area (Å²) in [6.45, 7) is 4.05. The van der Waals surface area contributed by atoms with Crippen LogP contribution in [0.2, 0.25) is 0 Å². The number of hydrogen-bond acceptors (Lipinski definition) is 6. The molecule has 0 aromatic carbocycles. The van der Waals surface area contributed by atoms with Crippen molar-refractivity contribution in [2.75, 3.05) is 30.9 Å². The molecule has 0 aliphatic carbocycles. The molecule has 0 saturated heterocycles. The van der Waals surface area contributed by atoms with Crippen LogP contribution in [0.25, 0.3) is 0 Å². The summed E-state index contributed by atoms with van der Waals surface area (Å²) < 4.78 is 10.5. The summed E-state index contributed by atoms with van der Waals surface area (Å²) in [4.78, 5) is 11.0. The maximum Gasteiger partial charge on any atom is 0.158 e. The molecule has 0 spiro atoms. The zero-order valence-corrected chi connectivity index (χ0v) is 12.8. The lowest BCUT2D eigenvalue weighted by Gasteiger charge is -2.18. The Morgan fingerprint density at radius 2 is 2.24 bits per heavy atom. The molecule has 2 heterocycles. The molecule has 0 aliphatic rings. The number of hydrogen-bond donors (Lipinski definition) is 1. The van der Waals surface area contributed by atoms with E-state index in [1.54, 1.807) is 13.4 Å². The summed E-state index contributed by atoms with van der Waals surface area (Å²) in [5.41, 5.74) is 0. The van der Waals surface area contributed by atoms with Gasteiger partial charge in [-0.15, -0.1) is 0 Å². The van der Waals surface area contributed by atoms with Gasteiger partial charge in [0.15, 0.2) is 5.82 Å². The van der Waals surface area contributed by atoms with Crippen LogP contribution in [0, 0.1) is 0 Å². The predicted molar refractivity (Wildman–Crippen MR) is 82.3 cm³/mol. The smallest absolute Gasteiger partial charge is 0.158 e. The molecule has 2 rings (SSSR count). The molecule has 2 aromatic heterocycles. The molecule has 6 heteroatoms. The first-order valence-corrected chi connectivity index (χ1v) is 7.07. The molecule has 0 amide bonds. The van der Waals surface area contributed by atoms with Crippen molar-refractivity contribution < 1.29 is 9.15 Å². The van der Waals surface area contributed by atoms with Crippen molar-refractivity contribution >= 4 is 11.6 Å². The van der Waals surface area contributed by atoms with Gasteiger partial charge in [-0.1, -0.05) is 6.92 Å². The normalized spacial score (nSPS) is 10.6. The summed E-state index contributed by atoms with van der Waals surface area (Å²) in [5, 5.41) is 3.29. The van der Waals surface area contributed by atoms with E-state index >= 15 is 0 Å². The van der Waals surface area contributed by atoms with Gasteiger partial charge in [-0.3, -0.25) is 0 Å². The number of anilines is 2. The monoisotopic (exact) mass is 290 g/mol. The van der Waals surface area contributed by atoms with Gasteiger partial charge in [-0.2, -0.15) is 0 Å². The van der Waals surface area contributed by atoms with E-state index in [2.05, 4.69) is 22.2 Å². The highest BCUT2D eigenvalue weighted by atomic mass is 16.5.